The van der Waals surface area contributed by atoms with Crippen LogP contribution in [-0.4, -0.2) is 29.6 Å². The van der Waals surface area contributed by atoms with Crippen LogP contribution >= 0.6 is 23.2 Å². The number of hydrogen-bond donors (Lipinski definition) is 0. The highest BCUT2D eigenvalue weighted by molar-refractivity contribution is 6.34. The minimum atomic E-state index is -1.05. The number of carbonyl (C=O) groups excluding carboxylic acids is 2. The molecule has 0 saturated carbocycles. The molecule has 5 nitrogen and oxygen atoms in total. The Morgan fingerprint density at radius 1 is 1.23 bits per heavy atom. The number of carbonyl (C=O) groups is 2. The molecule has 0 unspecified atom stereocenters. The molecule has 22 heavy (non-hydrogen) atoms. The van der Waals surface area contributed by atoms with E-state index in [9.17, 15) is 9.59 Å². The fraction of sp³-hybridized carbons (Fsp3) is 0.333. The van der Waals surface area contributed by atoms with Crippen molar-refractivity contribution in [3.8, 4) is 0 Å². The van der Waals surface area contributed by atoms with E-state index in [1.807, 2.05) is 0 Å². The lowest BCUT2D eigenvalue weighted by molar-refractivity contribution is -0.159. The summed E-state index contributed by atoms with van der Waals surface area (Å²) in [5.74, 6) is -2.20. The Hall–Kier alpha value is -1.72. The third-order valence-corrected chi connectivity index (χ3v) is 3.30. The van der Waals surface area contributed by atoms with Crippen LogP contribution in [-0.2, 0) is 25.6 Å². The first-order valence-electron chi connectivity index (χ1n) is 6.50. The van der Waals surface area contributed by atoms with E-state index < -0.39 is 11.8 Å². The standard InChI is InChI=1S/C15H15Cl2NO4/c1-15(2)21-12(14(20)22-15)7-13(19)18(3)8-9-4-10(16)6-11(17)5-9/h4-7H,8H2,1-3H3. The van der Waals surface area contributed by atoms with Crippen molar-refractivity contribution in [2.24, 2.45) is 0 Å². The molecule has 1 amide bonds. The number of ether oxygens (including phenoxy) is 2. The predicted octanol–water partition coefficient (Wildman–Crippen LogP) is 3.15. The maximum atomic E-state index is 12.1. The van der Waals surface area contributed by atoms with Crippen molar-refractivity contribution in [1.82, 2.24) is 4.90 Å². The number of esters is 1. The van der Waals surface area contributed by atoms with Crippen molar-refractivity contribution >= 4 is 35.1 Å². The summed E-state index contributed by atoms with van der Waals surface area (Å²) in [5.41, 5.74) is 0.780. The van der Waals surface area contributed by atoms with Crippen LogP contribution in [0.3, 0.4) is 0 Å². The monoisotopic (exact) mass is 343 g/mol. The first-order chi connectivity index (χ1) is 10.2. The van der Waals surface area contributed by atoms with E-state index in [1.54, 1.807) is 39.1 Å². The molecular formula is C15H15Cl2NO4. The average Bonchev–Trinajstić information content (AvgIpc) is 2.60. The number of amides is 1. The van der Waals surface area contributed by atoms with Gasteiger partial charge in [-0.1, -0.05) is 23.2 Å². The Morgan fingerprint density at radius 2 is 1.82 bits per heavy atom. The van der Waals surface area contributed by atoms with E-state index in [4.69, 9.17) is 32.7 Å². The van der Waals surface area contributed by atoms with Crippen LogP contribution < -0.4 is 0 Å². The van der Waals surface area contributed by atoms with Gasteiger partial charge in [-0.05, 0) is 23.8 Å². The zero-order chi connectivity index (χ0) is 16.5. The largest absolute Gasteiger partial charge is 0.445 e. The van der Waals surface area contributed by atoms with Crippen molar-refractivity contribution in [2.45, 2.75) is 26.2 Å². The zero-order valence-corrected chi connectivity index (χ0v) is 13.9. The summed E-state index contributed by atoms with van der Waals surface area (Å²) in [4.78, 5) is 25.1. The molecular weight excluding hydrogens is 329 g/mol. The third-order valence-electron chi connectivity index (χ3n) is 2.87. The minimum Gasteiger partial charge on any atom is -0.445 e. The summed E-state index contributed by atoms with van der Waals surface area (Å²) in [5, 5.41) is 0.984. The molecule has 1 fully saturated rings. The summed E-state index contributed by atoms with van der Waals surface area (Å²) >= 11 is 11.8. The lowest BCUT2D eigenvalue weighted by Crippen LogP contribution is -2.25. The van der Waals surface area contributed by atoms with Gasteiger partial charge in [-0.2, -0.15) is 0 Å². The fourth-order valence-corrected chi connectivity index (χ4v) is 2.54. The van der Waals surface area contributed by atoms with Crippen LogP contribution in [0.25, 0.3) is 0 Å². The second kappa shape index (κ2) is 6.18. The molecule has 118 valence electrons. The molecule has 1 aromatic carbocycles. The van der Waals surface area contributed by atoms with Gasteiger partial charge in [0.1, 0.15) is 0 Å². The molecule has 1 aliphatic rings. The van der Waals surface area contributed by atoms with Crippen LogP contribution in [0.1, 0.15) is 19.4 Å². The molecule has 0 aromatic heterocycles. The summed E-state index contributed by atoms with van der Waals surface area (Å²) in [6.45, 7) is 3.48. The number of likely N-dealkylation sites (N-methyl/N-ethyl adjacent to an activating group) is 1. The molecule has 0 radical (unpaired) electrons. The quantitative estimate of drug-likeness (QED) is 0.624. The van der Waals surface area contributed by atoms with E-state index in [0.29, 0.717) is 16.6 Å². The Morgan fingerprint density at radius 3 is 2.32 bits per heavy atom. The van der Waals surface area contributed by atoms with Crippen molar-refractivity contribution in [3.63, 3.8) is 0 Å². The first-order valence-corrected chi connectivity index (χ1v) is 7.26. The molecule has 0 N–H and O–H groups in total. The second-order valence-corrected chi connectivity index (χ2v) is 6.24. The van der Waals surface area contributed by atoms with E-state index in [-0.39, 0.29) is 11.7 Å². The molecule has 0 bridgehead atoms. The molecule has 1 aromatic rings. The highest BCUT2D eigenvalue weighted by Gasteiger charge is 2.37. The van der Waals surface area contributed by atoms with Crippen molar-refractivity contribution in [3.05, 3.63) is 45.6 Å². The lowest BCUT2D eigenvalue weighted by atomic mass is 10.2. The first kappa shape index (κ1) is 16.6. The van der Waals surface area contributed by atoms with Gasteiger partial charge in [-0.3, -0.25) is 4.79 Å². The molecule has 0 spiro atoms. The number of hydrogen-bond acceptors (Lipinski definition) is 4. The van der Waals surface area contributed by atoms with Crippen molar-refractivity contribution in [2.75, 3.05) is 7.05 Å². The topological polar surface area (TPSA) is 55.8 Å². The molecule has 0 aliphatic carbocycles. The molecule has 1 aliphatic heterocycles. The van der Waals surface area contributed by atoms with Crippen LogP contribution in [0, 0.1) is 0 Å². The number of benzene rings is 1. The third kappa shape index (κ3) is 4.15. The molecule has 1 saturated heterocycles. The molecule has 0 atom stereocenters. The van der Waals surface area contributed by atoms with Crippen LogP contribution in [0.5, 0.6) is 0 Å². The van der Waals surface area contributed by atoms with Crippen LogP contribution in [0.15, 0.2) is 30.0 Å². The second-order valence-electron chi connectivity index (χ2n) is 5.37. The minimum absolute atomic E-state index is 0.106. The van der Waals surface area contributed by atoms with Gasteiger partial charge >= 0.3 is 5.97 Å². The summed E-state index contributed by atoms with van der Waals surface area (Å²) in [7, 11) is 1.60. The van der Waals surface area contributed by atoms with E-state index in [2.05, 4.69) is 0 Å². The summed E-state index contributed by atoms with van der Waals surface area (Å²) in [6, 6.07) is 5.04. The highest BCUT2D eigenvalue weighted by atomic mass is 35.5. The van der Waals surface area contributed by atoms with Gasteiger partial charge in [0.05, 0.1) is 6.08 Å². The highest BCUT2D eigenvalue weighted by Crippen LogP contribution is 2.26. The van der Waals surface area contributed by atoms with Crippen LogP contribution in [0.4, 0.5) is 0 Å². The lowest BCUT2D eigenvalue weighted by Gasteiger charge is -2.16. The van der Waals surface area contributed by atoms with Gasteiger partial charge < -0.3 is 14.4 Å². The Balaban J connectivity index is 2.08. The number of rotatable bonds is 3. The Labute approximate surface area is 138 Å². The van der Waals surface area contributed by atoms with Gasteiger partial charge in [0, 0.05) is 37.5 Å². The number of halogens is 2. The number of cyclic esters (lactones) is 1. The van der Waals surface area contributed by atoms with Crippen molar-refractivity contribution < 1.29 is 19.1 Å². The van der Waals surface area contributed by atoms with E-state index in [0.717, 1.165) is 11.6 Å². The van der Waals surface area contributed by atoms with Crippen LogP contribution in [0.2, 0.25) is 10.0 Å². The predicted molar refractivity (Wildman–Crippen MR) is 82.3 cm³/mol. The van der Waals surface area contributed by atoms with E-state index >= 15 is 0 Å². The van der Waals surface area contributed by atoms with Crippen molar-refractivity contribution in [1.29, 1.82) is 0 Å². The summed E-state index contributed by atoms with van der Waals surface area (Å²) < 4.78 is 10.2. The maximum Gasteiger partial charge on any atom is 0.377 e. The van der Waals surface area contributed by atoms with Gasteiger partial charge in [0.15, 0.2) is 0 Å². The average molecular weight is 344 g/mol. The smallest absolute Gasteiger partial charge is 0.377 e. The van der Waals surface area contributed by atoms with E-state index in [1.165, 1.54) is 4.90 Å². The van der Waals surface area contributed by atoms with Gasteiger partial charge in [0.2, 0.25) is 11.5 Å². The molecule has 2 rings (SSSR count). The fourth-order valence-electron chi connectivity index (χ4n) is 1.97. The van der Waals surface area contributed by atoms with Gasteiger partial charge in [0.25, 0.3) is 5.91 Å². The molecule has 1 heterocycles. The normalized spacial score (nSPS) is 18.0. The Kier molecular flexibility index (Phi) is 4.68. The zero-order valence-electron chi connectivity index (χ0n) is 12.4. The summed E-state index contributed by atoms with van der Waals surface area (Å²) in [6.07, 6.45) is 1.11. The Bertz CT molecular complexity index is 635. The maximum absolute atomic E-state index is 12.1. The molecule has 7 heteroatoms. The SMILES string of the molecule is CN(Cc1cc(Cl)cc(Cl)c1)C(=O)C=C1OC(C)(C)OC1=O. The number of nitrogens with zero attached hydrogens (tertiary/aromatic N) is 1. The van der Waals surface area contributed by atoms with Gasteiger partial charge in [-0.15, -0.1) is 0 Å². The van der Waals surface area contributed by atoms with Gasteiger partial charge in [-0.25, -0.2) is 4.79 Å².